The number of aromatic nitrogens is 1. The highest BCUT2D eigenvalue weighted by Crippen LogP contribution is 2.21. The van der Waals surface area contributed by atoms with E-state index in [1.807, 2.05) is 26.2 Å². The Kier molecular flexibility index (Phi) is 3.06. The van der Waals surface area contributed by atoms with Crippen molar-refractivity contribution in [2.45, 2.75) is 19.9 Å². The van der Waals surface area contributed by atoms with Gasteiger partial charge in [0.25, 0.3) is 0 Å². The molecule has 12 heavy (non-hydrogen) atoms. The molecule has 66 valence electrons. The topological polar surface area (TPSA) is 24.9 Å². The third-order valence-corrected chi connectivity index (χ3v) is 2.25. The van der Waals surface area contributed by atoms with Crippen LogP contribution in [0, 0.1) is 6.92 Å². The molecule has 1 aromatic heterocycles. The molecule has 1 atom stereocenters. The quantitative estimate of drug-likeness (QED) is 0.763. The molecule has 0 aromatic carbocycles. The molecule has 0 unspecified atom stereocenters. The Balaban J connectivity index is 3.01. The summed E-state index contributed by atoms with van der Waals surface area (Å²) < 4.78 is 0. The number of pyridine rings is 1. The standard InChI is InChI=1S/C9H13ClN2/c1-6-4-9(10)8(5-12-6)7(2)11-3/h4-5,7,11H,1-3H3/t7-/m1/s1. The van der Waals surface area contributed by atoms with Gasteiger partial charge in [-0.1, -0.05) is 11.6 Å². The smallest absolute Gasteiger partial charge is 0.0487 e. The van der Waals surface area contributed by atoms with Crippen molar-refractivity contribution >= 4 is 11.6 Å². The summed E-state index contributed by atoms with van der Waals surface area (Å²) in [6.45, 7) is 3.98. The molecule has 0 radical (unpaired) electrons. The molecule has 0 fully saturated rings. The van der Waals surface area contributed by atoms with Crippen LogP contribution >= 0.6 is 11.6 Å². The maximum absolute atomic E-state index is 6.02. The minimum atomic E-state index is 0.255. The molecule has 1 N–H and O–H groups in total. The fourth-order valence-electron chi connectivity index (χ4n) is 1.01. The van der Waals surface area contributed by atoms with Crippen LogP contribution in [0.15, 0.2) is 12.3 Å². The summed E-state index contributed by atoms with van der Waals surface area (Å²) in [5, 5.41) is 3.90. The second-order valence-electron chi connectivity index (χ2n) is 2.86. The van der Waals surface area contributed by atoms with Crippen molar-refractivity contribution in [3.63, 3.8) is 0 Å². The second kappa shape index (κ2) is 3.87. The lowest BCUT2D eigenvalue weighted by Gasteiger charge is -2.11. The van der Waals surface area contributed by atoms with Crippen molar-refractivity contribution in [1.82, 2.24) is 10.3 Å². The van der Waals surface area contributed by atoms with Crippen molar-refractivity contribution < 1.29 is 0 Å². The first-order valence-corrected chi connectivity index (χ1v) is 4.32. The van der Waals surface area contributed by atoms with Gasteiger partial charge in [0, 0.05) is 28.5 Å². The lowest BCUT2D eigenvalue weighted by atomic mass is 10.1. The fraction of sp³-hybridized carbons (Fsp3) is 0.444. The number of hydrogen-bond acceptors (Lipinski definition) is 2. The molecule has 0 aliphatic carbocycles. The summed E-state index contributed by atoms with van der Waals surface area (Å²) in [6.07, 6.45) is 1.82. The zero-order valence-corrected chi connectivity index (χ0v) is 8.31. The van der Waals surface area contributed by atoms with Crippen molar-refractivity contribution in [2.75, 3.05) is 7.05 Å². The van der Waals surface area contributed by atoms with E-state index in [0.717, 1.165) is 16.3 Å². The molecule has 1 heterocycles. The van der Waals surface area contributed by atoms with Crippen LogP contribution in [0.25, 0.3) is 0 Å². The van der Waals surface area contributed by atoms with Gasteiger partial charge in [-0.05, 0) is 27.0 Å². The van der Waals surface area contributed by atoms with Crippen LogP contribution in [-0.4, -0.2) is 12.0 Å². The number of rotatable bonds is 2. The summed E-state index contributed by atoms with van der Waals surface area (Å²) in [4.78, 5) is 4.18. The molecule has 0 aliphatic heterocycles. The average molecular weight is 185 g/mol. The predicted molar refractivity (Wildman–Crippen MR) is 51.5 cm³/mol. The maximum atomic E-state index is 6.02. The van der Waals surface area contributed by atoms with Crippen LogP contribution < -0.4 is 5.32 Å². The fourth-order valence-corrected chi connectivity index (χ4v) is 1.38. The molecule has 0 bridgehead atoms. The van der Waals surface area contributed by atoms with Gasteiger partial charge >= 0.3 is 0 Å². The van der Waals surface area contributed by atoms with E-state index < -0.39 is 0 Å². The van der Waals surface area contributed by atoms with Gasteiger partial charge in [-0.2, -0.15) is 0 Å². The lowest BCUT2D eigenvalue weighted by molar-refractivity contribution is 0.649. The minimum Gasteiger partial charge on any atom is -0.313 e. The van der Waals surface area contributed by atoms with Gasteiger partial charge in [0.1, 0.15) is 0 Å². The highest BCUT2D eigenvalue weighted by Gasteiger charge is 2.07. The maximum Gasteiger partial charge on any atom is 0.0487 e. The second-order valence-corrected chi connectivity index (χ2v) is 3.26. The van der Waals surface area contributed by atoms with Crippen LogP contribution in [0.1, 0.15) is 24.2 Å². The summed E-state index contributed by atoms with van der Waals surface area (Å²) >= 11 is 6.02. The van der Waals surface area contributed by atoms with Gasteiger partial charge in [-0.15, -0.1) is 0 Å². The van der Waals surface area contributed by atoms with Crippen molar-refractivity contribution in [1.29, 1.82) is 0 Å². The SMILES string of the molecule is CN[C@H](C)c1cnc(C)cc1Cl. The molecular weight excluding hydrogens is 172 g/mol. The van der Waals surface area contributed by atoms with E-state index in [-0.39, 0.29) is 6.04 Å². The van der Waals surface area contributed by atoms with E-state index in [1.54, 1.807) is 0 Å². The van der Waals surface area contributed by atoms with E-state index >= 15 is 0 Å². The van der Waals surface area contributed by atoms with E-state index in [2.05, 4.69) is 17.2 Å². The Bertz CT molecular complexity index is 273. The molecule has 1 rings (SSSR count). The molecule has 1 aromatic rings. The van der Waals surface area contributed by atoms with Crippen LogP contribution in [0.2, 0.25) is 5.02 Å². The van der Waals surface area contributed by atoms with Crippen molar-refractivity contribution in [3.05, 3.63) is 28.5 Å². The first-order chi connectivity index (χ1) is 5.65. The van der Waals surface area contributed by atoms with E-state index in [1.165, 1.54) is 0 Å². The van der Waals surface area contributed by atoms with Crippen LogP contribution in [0.4, 0.5) is 0 Å². The molecule has 3 heteroatoms. The third kappa shape index (κ3) is 1.96. The van der Waals surface area contributed by atoms with E-state index in [0.29, 0.717) is 0 Å². The normalized spacial score (nSPS) is 13.0. The third-order valence-electron chi connectivity index (χ3n) is 1.92. The predicted octanol–water partition coefficient (Wildman–Crippen LogP) is 2.32. The summed E-state index contributed by atoms with van der Waals surface area (Å²) in [5.41, 5.74) is 2.00. The molecule has 0 amide bonds. The average Bonchev–Trinajstić information content (AvgIpc) is 2.03. The van der Waals surface area contributed by atoms with Crippen molar-refractivity contribution in [2.24, 2.45) is 0 Å². The molecular formula is C9H13ClN2. The molecule has 0 spiro atoms. The Morgan fingerprint density at radius 3 is 2.75 bits per heavy atom. The number of hydrogen-bond donors (Lipinski definition) is 1. The number of aryl methyl sites for hydroxylation is 1. The molecule has 0 saturated carbocycles. The Morgan fingerprint density at radius 2 is 2.25 bits per heavy atom. The van der Waals surface area contributed by atoms with E-state index in [9.17, 15) is 0 Å². The summed E-state index contributed by atoms with van der Waals surface area (Å²) in [5.74, 6) is 0. The van der Waals surface area contributed by atoms with Crippen LogP contribution in [-0.2, 0) is 0 Å². The van der Waals surface area contributed by atoms with Crippen LogP contribution in [0.3, 0.4) is 0 Å². The number of nitrogens with zero attached hydrogens (tertiary/aromatic N) is 1. The first-order valence-electron chi connectivity index (χ1n) is 3.94. The van der Waals surface area contributed by atoms with Crippen LogP contribution in [0.5, 0.6) is 0 Å². The number of nitrogens with one attached hydrogen (secondary N) is 1. The van der Waals surface area contributed by atoms with Gasteiger partial charge in [0.15, 0.2) is 0 Å². The van der Waals surface area contributed by atoms with Crippen molar-refractivity contribution in [3.8, 4) is 0 Å². The minimum absolute atomic E-state index is 0.255. The summed E-state index contributed by atoms with van der Waals surface area (Å²) in [6, 6.07) is 2.13. The molecule has 0 saturated heterocycles. The highest BCUT2D eigenvalue weighted by molar-refractivity contribution is 6.31. The van der Waals surface area contributed by atoms with Gasteiger partial charge in [-0.3, -0.25) is 4.98 Å². The van der Waals surface area contributed by atoms with E-state index in [4.69, 9.17) is 11.6 Å². The largest absolute Gasteiger partial charge is 0.313 e. The number of halogens is 1. The van der Waals surface area contributed by atoms with Gasteiger partial charge in [0.2, 0.25) is 0 Å². The molecule has 0 aliphatic rings. The highest BCUT2D eigenvalue weighted by atomic mass is 35.5. The van der Waals surface area contributed by atoms with Gasteiger partial charge in [0.05, 0.1) is 0 Å². The Morgan fingerprint density at radius 1 is 1.58 bits per heavy atom. The Labute approximate surface area is 78.0 Å². The first kappa shape index (κ1) is 9.49. The zero-order valence-electron chi connectivity index (χ0n) is 7.56. The molecule has 2 nitrogen and oxygen atoms in total. The summed E-state index contributed by atoms with van der Waals surface area (Å²) in [7, 11) is 1.90. The monoisotopic (exact) mass is 184 g/mol. The van der Waals surface area contributed by atoms with Gasteiger partial charge in [-0.25, -0.2) is 0 Å². The lowest BCUT2D eigenvalue weighted by Crippen LogP contribution is -2.13. The Hall–Kier alpha value is -0.600. The van der Waals surface area contributed by atoms with Gasteiger partial charge < -0.3 is 5.32 Å². The zero-order chi connectivity index (χ0) is 9.14.